The Labute approximate surface area is 155 Å². The number of rotatable bonds is 6. The average Bonchev–Trinajstić information content (AvgIpc) is 2.64. The molecule has 0 aliphatic rings. The van der Waals surface area contributed by atoms with Crippen LogP contribution in [-0.4, -0.2) is 26.3 Å². The molecule has 140 valence electrons. The van der Waals surface area contributed by atoms with Gasteiger partial charge in [0.05, 0.1) is 29.0 Å². The first-order chi connectivity index (χ1) is 13.0. The zero-order chi connectivity index (χ0) is 19.4. The van der Waals surface area contributed by atoms with Gasteiger partial charge in [0.2, 0.25) is 0 Å². The number of aromatic hydroxyl groups is 1. The Kier molecular flexibility index (Phi) is 5.76. The maximum atomic E-state index is 14.5. The lowest BCUT2D eigenvalue weighted by atomic mass is 10.1. The number of unbranched alkanes of at least 4 members (excludes halogenated alkanes) is 1. The second kappa shape index (κ2) is 8.22. The van der Waals surface area contributed by atoms with Gasteiger partial charge in [-0.15, -0.1) is 0 Å². The molecule has 27 heavy (non-hydrogen) atoms. The monoisotopic (exact) mass is 370 g/mol. The Balaban J connectivity index is 1.84. The van der Waals surface area contributed by atoms with Crippen LogP contribution in [0.4, 0.5) is 8.78 Å². The van der Waals surface area contributed by atoms with E-state index < -0.39 is 11.6 Å². The SMILES string of the molecule is CC(O)CCCC=Cc1ccc(-c2cnc3cc(O)ccc3n2)c(F)c1F. The molecule has 6 heteroatoms. The highest BCUT2D eigenvalue weighted by Crippen LogP contribution is 2.27. The zero-order valence-electron chi connectivity index (χ0n) is 14.9. The molecule has 3 rings (SSSR count). The molecule has 1 unspecified atom stereocenters. The van der Waals surface area contributed by atoms with Gasteiger partial charge in [-0.25, -0.2) is 13.8 Å². The van der Waals surface area contributed by atoms with Crippen molar-refractivity contribution in [2.45, 2.75) is 32.3 Å². The fourth-order valence-corrected chi connectivity index (χ4v) is 2.76. The van der Waals surface area contributed by atoms with Crippen molar-refractivity contribution >= 4 is 17.1 Å². The van der Waals surface area contributed by atoms with Crippen LogP contribution < -0.4 is 0 Å². The molecule has 0 amide bonds. The van der Waals surface area contributed by atoms with Gasteiger partial charge in [-0.1, -0.05) is 18.2 Å². The Morgan fingerprint density at radius 3 is 2.70 bits per heavy atom. The van der Waals surface area contributed by atoms with E-state index in [9.17, 15) is 19.0 Å². The van der Waals surface area contributed by atoms with Crippen LogP contribution in [0.2, 0.25) is 0 Å². The first kappa shape index (κ1) is 18.9. The van der Waals surface area contributed by atoms with Crippen molar-refractivity contribution in [2.75, 3.05) is 0 Å². The second-order valence-electron chi connectivity index (χ2n) is 6.44. The highest BCUT2D eigenvalue weighted by atomic mass is 19.2. The van der Waals surface area contributed by atoms with Crippen LogP contribution in [0.3, 0.4) is 0 Å². The van der Waals surface area contributed by atoms with Gasteiger partial charge in [0.1, 0.15) is 5.75 Å². The van der Waals surface area contributed by atoms with Crippen molar-refractivity contribution < 1.29 is 19.0 Å². The number of hydrogen-bond acceptors (Lipinski definition) is 4. The summed E-state index contributed by atoms with van der Waals surface area (Å²) >= 11 is 0. The number of hydrogen-bond donors (Lipinski definition) is 2. The largest absolute Gasteiger partial charge is 0.508 e. The summed E-state index contributed by atoms with van der Waals surface area (Å²) in [7, 11) is 0. The summed E-state index contributed by atoms with van der Waals surface area (Å²) in [6.07, 6.45) is 6.42. The minimum absolute atomic E-state index is 0.0289. The lowest BCUT2D eigenvalue weighted by Gasteiger charge is -2.07. The van der Waals surface area contributed by atoms with Crippen LogP contribution in [0, 0.1) is 11.6 Å². The standard InChI is InChI=1S/C21H20F2N2O2/c1-13(26)5-3-2-4-6-14-7-9-16(21(23)20(14)22)19-12-24-18-11-15(27)8-10-17(18)25-19/h4,6-13,26-27H,2-3,5H2,1H3. The van der Waals surface area contributed by atoms with Gasteiger partial charge in [-0.05, 0) is 44.4 Å². The minimum atomic E-state index is -0.978. The Morgan fingerprint density at radius 2 is 1.93 bits per heavy atom. The van der Waals surface area contributed by atoms with Crippen LogP contribution in [0.5, 0.6) is 5.75 Å². The van der Waals surface area contributed by atoms with E-state index in [4.69, 9.17) is 0 Å². The molecular weight excluding hydrogens is 350 g/mol. The number of halogens is 2. The summed E-state index contributed by atoms with van der Waals surface area (Å²) in [5.74, 6) is -1.85. The minimum Gasteiger partial charge on any atom is -0.508 e. The van der Waals surface area contributed by atoms with Gasteiger partial charge in [-0.2, -0.15) is 0 Å². The first-order valence-electron chi connectivity index (χ1n) is 8.74. The summed E-state index contributed by atoms with van der Waals surface area (Å²) < 4.78 is 28.9. The second-order valence-corrected chi connectivity index (χ2v) is 6.44. The average molecular weight is 370 g/mol. The van der Waals surface area contributed by atoms with E-state index in [1.165, 1.54) is 30.5 Å². The summed E-state index contributed by atoms with van der Waals surface area (Å²) in [5, 5.41) is 18.7. The van der Waals surface area contributed by atoms with Crippen molar-refractivity contribution in [1.29, 1.82) is 0 Å². The number of allylic oxidation sites excluding steroid dienone is 1. The van der Waals surface area contributed by atoms with E-state index in [-0.39, 0.29) is 28.7 Å². The molecule has 4 nitrogen and oxygen atoms in total. The molecule has 3 aromatic rings. The van der Waals surface area contributed by atoms with E-state index in [0.29, 0.717) is 23.9 Å². The lowest BCUT2D eigenvalue weighted by molar-refractivity contribution is 0.182. The van der Waals surface area contributed by atoms with Crippen LogP contribution >= 0.6 is 0 Å². The van der Waals surface area contributed by atoms with Gasteiger partial charge >= 0.3 is 0 Å². The molecule has 0 aliphatic heterocycles. The van der Waals surface area contributed by atoms with E-state index in [0.717, 1.165) is 6.42 Å². The number of nitrogens with zero attached hydrogens (tertiary/aromatic N) is 2. The Bertz CT molecular complexity index is 987. The summed E-state index contributed by atoms with van der Waals surface area (Å²) in [6.45, 7) is 1.72. The van der Waals surface area contributed by atoms with Gasteiger partial charge in [0, 0.05) is 17.2 Å². The van der Waals surface area contributed by atoms with Crippen molar-refractivity contribution in [2.24, 2.45) is 0 Å². The molecule has 1 aromatic heterocycles. The maximum absolute atomic E-state index is 14.5. The number of phenolic OH excluding ortho intramolecular Hbond substituents is 1. The van der Waals surface area contributed by atoms with Gasteiger partial charge < -0.3 is 10.2 Å². The quantitative estimate of drug-likeness (QED) is 0.609. The van der Waals surface area contributed by atoms with Crippen molar-refractivity contribution in [3.63, 3.8) is 0 Å². The topological polar surface area (TPSA) is 66.2 Å². The van der Waals surface area contributed by atoms with Gasteiger partial charge in [-0.3, -0.25) is 4.98 Å². The zero-order valence-corrected chi connectivity index (χ0v) is 14.9. The number of fused-ring (bicyclic) bond motifs is 1. The highest BCUT2D eigenvalue weighted by Gasteiger charge is 2.15. The fraction of sp³-hybridized carbons (Fsp3) is 0.238. The summed E-state index contributed by atoms with van der Waals surface area (Å²) in [4.78, 5) is 8.45. The smallest absolute Gasteiger partial charge is 0.168 e. The van der Waals surface area contributed by atoms with Gasteiger partial charge in [0.25, 0.3) is 0 Å². The predicted octanol–water partition coefficient (Wildman–Crippen LogP) is 4.84. The van der Waals surface area contributed by atoms with E-state index in [1.54, 1.807) is 25.1 Å². The molecule has 0 bridgehead atoms. The molecule has 2 N–H and O–H groups in total. The third-order valence-electron chi connectivity index (χ3n) is 4.20. The molecule has 0 aliphatic carbocycles. The van der Waals surface area contributed by atoms with Crippen LogP contribution in [0.15, 0.2) is 42.6 Å². The maximum Gasteiger partial charge on any atom is 0.168 e. The molecular formula is C21H20F2N2O2. The van der Waals surface area contributed by atoms with Crippen LogP contribution in [0.1, 0.15) is 31.7 Å². The molecule has 2 aromatic carbocycles. The molecule has 1 atom stereocenters. The molecule has 0 fully saturated rings. The predicted molar refractivity (Wildman–Crippen MR) is 101 cm³/mol. The van der Waals surface area contributed by atoms with Crippen molar-refractivity contribution in [3.05, 3.63) is 59.8 Å². The highest BCUT2D eigenvalue weighted by molar-refractivity contribution is 5.78. The Morgan fingerprint density at radius 1 is 1.11 bits per heavy atom. The van der Waals surface area contributed by atoms with Crippen LogP contribution in [-0.2, 0) is 0 Å². The van der Waals surface area contributed by atoms with Crippen molar-refractivity contribution in [1.82, 2.24) is 9.97 Å². The summed E-state index contributed by atoms with van der Waals surface area (Å²) in [5.41, 5.74) is 1.36. The fourth-order valence-electron chi connectivity index (χ4n) is 2.76. The number of aliphatic hydroxyl groups excluding tert-OH is 1. The van der Waals surface area contributed by atoms with Crippen LogP contribution in [0.25, 0.3) is 28.4 Å². The lowest BCUT2D eigenvalue weighted by Crippen LogP contribution is -1.97. The first-order valence-corrected chi connectivity index (χ1v) is 8.74. The Hall–Kier alpha value is -2.86. The van der Waals surface area contributed by atoms with E-state index in [1.807, 2.05) is 0 Å². The van der Waals surface area contributed by atoms with E-state index in [2.05, 4.69) is 9.97 Å². The molecule has 0 saturated carbocycles. The molecule has 0 radical (unpaired) electrons. The normalized spacial score (nSPS) is 12.7. The summed E-state index contributed by atoms with van der Waals surface area (Å²) in [6, 6.07) is 7.46. The number of benzene rings is 2. The van der Waals surface area contributed by atoms with Crippen molar-refractivity contribution in [3.8, 4) is 17.0 Å². The number of aromatic nitrogens is 2. The van der Waals surface area contributed by atoms with E-state index >= 15 is 0 Å². The molecule has 0 saturated heterocycles. The van der Waals surface area contributed by atoms with Gasteiger partial charge in [0.15, 0.2) is 11.6 Å². The number of aliphatic hydroxyl groups is 1. The number of phenols is 1. The third kappa shape index (κ3) is 4.46. The third-order valence-corrected chi connectivity index (χ3v) is 4.20. The molecule has 0 spiro atoms. The molecule has 1 heterocycles.